The fourth-order valence-electron chi connectivity index (χ4n) is 1.14. The van der Waals surface area contributed by atoms with Gasteiger partial charge in [0.1, 0.15) is 5.15 Å². The molecule has 90 valence electrons. The van der Waals surface area contributed by atoms with Crippen LogP contribution in [-0.4, -0.2) is 18.9 Å². The van der Waals surface area contributed by atoms with E-state index in [9.17, 15) is 13.2 Å². The van der Waals surface area contributed by atoms with Crippen LogP contribution in [0.3, 0.4) is 0 Å². The van der Waals surface area contributed by atoms with Gasteiger partial charge in [0.15, 0.2) is 4.90 Å². The van der Waals surface area contributed by atoms with E-state index in [1.165, 1.54) is 6.20 Å². The Hall–Kier alpha value is -0.850. The van der Waals surface area contributed by atoms with E-state index in [-0.39, 0.29) is 5.15 Å². The van der Waals surface area contributed by atoms with Crippen molar-refractivity contribution in [1.82, 2.24) is 9.71 Å². The zero-order valence-electron chi connectivity index (χ0n) is 9.17. The number of pyridine rings is 1. The van der Waals surface area contributed by atoms with Gasteiger partial charge in [-0.2, -0.15) is 0 Å². The molecule has 0 amide bonds. The summed E-state index contributed by atoms with van der Waals surface area (Å²) in [5.74, 6) is 0. The molecule has 0 bridgehead atoms. The van der Waals surface area contributed by atoms with Gasteiger partial charge < -0.3 is 4.98 Å². The summed E-state index contributed by atoms with van der Waals surface area (Å²) >= 11 is 5.67. The Balaban J connectivity index is 3.35. The monoisotopic (exact) mass is 264 g/mol. The molecule has 2 N–H and O–H groups in total. The van der Waals surface area contributed by atoms with Gasteiger partial charge in [0.2, 0.25) is 15.5 Å². The van der Waals surface area contributed by atoms with Crippen molar-refractivity contribution in [3.63, 3.8) is 0 Å². The first-order chi connectivity index (χ1) is 7.13. The van der Waals surface area contributed by atoms with E-state index in [0.717, 1.165) is 6.07 Å². The molecule has 0 atom stereocenters. The average molecular weight is 265 g/mol. The summed E-state index contributed by atoms with van der Waals surface area (Å²) in [7, 11) is -3.91. The van der Waals surface area contributed by atoms with Crippen molar-refractivity contribution in [2.45, 2.75) is 31.2 Å². The number of aromatic nitrogens is 1. The molecular formula is C9H13ClN2O3S. The Bertz CT molecular complexity index is 543. The second-order valence-electron chi connectivity index (χ2n) is 4.34. The summed E-state index contributed by atoms with van der Waals surface area (Å²) in [6, 6.07) is 1.11. The number of hydrogen-bond acceptors (Lipinski definition) is 3. The molecule has 16 heavy (non-hydrogen) atoms. The maximum Gasteiger partial charge on any atom is 0.247 e. The number of H-pyrrole nitrogens is 1. The molecule has 0 aliphatic carbocycles. The van der Waals surface area contributed by atoms with E-state index in [4.69, 9.17) is 11.6 Å². The number of sulfonamides is 1. The van der Waals surface area contributed by atoms with Gasteiger partial charge in [-0.15, -0.1) is 0 Å². The van der Waals surface area contributed by atoms with Crippen molar-refractivity contribution in [2.75, 3.05) is 0 Å². The predicted molar refractivity (Wildman–Crippen MR) is 62.1 cm³/mol. The van der Waals surface area contributed by atoms with Crippen LogP contribution in [0.5, 0.6) is 0 Å². The summed E-state index contributed by atoms with van der Waals surface area (Å²) in [6.45, 7) is 5.03. The Morgan fingerprint density at radius 2 is 1.94 bits per heavy atom. The number of nitrogens with one attached hydrogen (secondary N) is 2. The fraction of sp³-hybridized carbons (Fsp3) is 0.444. The standard InChI is InChI=1S/C9H13ClN2O3S/c1-9(2,3)12-16(14,15)7-6(13)4-5-11-8(7)10/h4-5,12H,1-3H3,(H,11,13). The molecule has 0 aliphatic heterocycles. The van der Waals surface area contributed by atoms with Crippen molar-refractivity contribution < 1.29 is 8.42 Å². The van der Waals surface area contributed by atoms with Gasteiger partial charge in [-0.25, -0.2) is 13.1 Å². The molecule has 1 aromatic rings. The molecule has 0 unspecified atom stereocenters. The molecule has 0 fully saturated rings. The second-order valence-corrected chi connectivity index (χ2v) is 6.34. The second kappa shape index (κ2) is 4.20. The van der Waals surface area contributed by atoms with Gasteiger partial charge >= 0.3 is 0 Å². The van der Waals surface area contributed by atoms with Crippen LogP contribution in [-0.2, 0) is 10.0 Å². The third-order valence-corrected chi connectivity index (χ3v) is 3.81. The van der Waals surface area contributed by atoms with Crippen LogP contribution in [0.2, 0.25) is 5.15 Å². The first kappa shape index (κ1) is 13.2. The number of halogens is 1. The van der Waals surface area contributed by atoms with Crippen LogP contribution >= 0.6 is 11.6 Å². The minimum Gasteiger partial charge on any atom is -0.351 e. The maximum absolute atomic E-state index is 11.9. The van der Waals surface area contributed by atoms with Gasteiger partial charge in [-0.05, 0) is 20.8 Å². The van der Waals surface area contributed by atoms with Crippen LogP contribution in [0.4, 0.5) is 0 Å². The average Bonchev–Trinajstić information content (AvgIpc) is 1.97. The smallest absolute Gasteiger partial charge is 0.247 e. The predicted octanol–water partition coefficient (Wildman–Crippen LogP) is 1.11. The van der Waals surface area contributed by atoms with Crippen molar-refractivity contribution in [2.24, 2.45) is 0 Å². The van der Waals surface area contributed by atoms with Crippen LogP contribution in [0, 0.1) is 0 Å². The zero-order chi connectivity index (χ0) is 12.6. The largest absolute Gasteiger partial charge is 0.351 e. The first-order valence-electron chi connectivity index (χ1n) is 4.55. The Labute approximate surface area is 98.9 Å². The van der Waals surface area contributed by atoms with E-state index >= 15 is 0 Å². The van der Waals surface area contributed by atoms with E-state index < -0.39 is 25.9 Å². The maximum atomic E-state index is 11.9. The Kier molecular flexibility index (Phi) is 3.47. The van der Waals surface area contributed by atoms with E-state index in [2.05, 4.69) is 9.71 Å². The van der Waals surface area contributed by atoms with Gasteiger partial charge in [0, 0.05) is 17.8 Å². The summed E-state index contributed by atoms with van der Waals surface area (Å²) in [4.78, 5) is 13.5. The minimum atomic E-state index is -3.91. The molecule has 5 nitrogen and oxygen atoms in total. The Morgan fingerprint density at radius 3 is 2.38 bits per heavy atom. The zero-order valence-corrected chi connectivity index (χ0v) is 10.7. The molecule has 0 spiro atoms. The number of hydrogen-bond donors (Lipinski definition) is 2. The van der Waals surface area contributed by atoms with Crippen LogP contribution in [0.25, 0.3) is 0 Å². The van der Waals surface area contributed by atoms with Crippen LogP contribution in [0.1, 0.15) is 20.8 Å². The third-order valence-electron chi connectivity index (χ3n) is 1.58. The van der Waals surface area contributed by atoms with E-state index in [1.54, 1.807) is 20.8 Å². The summed E-state index contributed by atoms with van der Waals surface area (Å²) < 4.78 is 26.1. The highest BCUT2D eigenvalue weighted by molar-refractivity contribution is 7.89. The quantitative estimate of drug-likeness (QED) is 0.786. The highest BCUT2D eigenvalue weighted by Gasteiger charge is 2.26. The molecule has 0 saturated carbocycles. The SMILES string of the molecule is CC(C)(C)NS(=O)(=O)c1c(Cl)[nH]ccc1=O. The lowest BCUT2D eigenvalue weighted by molar-refractivity contribution is 0.491. The number of aromatic amines is 1. The topological polar surface area (TPSA) is 79.0 Å². The lowest BCUT2D eigenvalue weighted by atomic mass is 10.1. The molecule has 0 aliphatic rings. The number of rotatable bonds is 2. The molecule has 1 rings (SSSR count). The normalized spacial score (nSPS) is 12.8. The fourth-order valence-corrected chi connectivity index (χ4v) is 3.14. The van der Waals surface area contributed by atoms with Crippen LogP contribution < -0.4 is 10.2 Å². The molecular weight excluding hydrogens is 252 g/mol. The molecule has 0 radical (unpaired) electrons. The van der Waals surface area contributed by atoms with Gasteiger partial charge in [0.25, 0.3) is 0 Å². The van der Waals surface area contributed by atoms with Crippen molar-refractivity contribution >= 4 is 21.6 Å². The highest BCUT2D eigenvalue weighted by Crippen LogP contribution is 2.15. The lowest BCUT2D eigenvalue weighted by Crippen LogP contribution is -2.42. The molecule has 1 aromatic heterocycles. The Morgan fingerprint density at radius 1 is 1.38 bits per heavy atom. The summed E-state index contributed by atoms with van der Waals surface area (Å²) in [6.07, 6.45) is 1.29. The molecule has 7 heteroatoms. The van der Waals surface area contributed by atoms with Crippen molar-refractivity contribution in [3.8, 4) is 0 Å². The van der Waals surface area contributed by atoms with Gasteiger partial charge in [0.05, 0.1) is 0 Å². The molecule has 0 aromatic carbocycles. The first-order valence-corrected chi connectivity index (χ1v) is 6.41. The lowest BCUT2D eigenvalue weighted by Gasteiger charge is -2.20. The molecule has 1 heterocycles. The minimum absolute atomic E-state index is 0.191. The van der Waals surface area contributed by atoms with E-state index in [1.807, 2.05) is 0 Å². The summed E-state index contributed by atoms with van der Waals surface area (Å²) in [5, 5.41) is -0.191. The summed E-state index contributed by atoms with van der Waals surface area (Å²) in [5.41, 5.74) is -1.31. The van der Waals surface area contributed by atoms with Crippen molar-refractivity contribution in [1.29, 1.82) is 0 Å². The van der Waals surface area contributed by atoms with Crippen LogP contribution in [0.15, 0.2) is 22.0 Å². The highest BCUT2D eigenvalue weighted by atomic mass is 35.5. The third kappa shape index (κ3) is 3.07. The van der Waals surface area contributed by atoms with Crippen molar-refractivity contribution in [3.05, 3.63) is 27.6 Å². The van der Waals surface area contributed by atoms with Gasteiger partial charge in [-0.3, -0.25) is 4.79 Å². The molecule has 0 saturated heterocycles. The van der Waals surface area contributed by atoms with Gasteiger partial charge in [-0.1, -0.05) is 11.6 Å². The van der Waals surface area contributed by atoms with E-state index in [0.29, 0.717) is 0 Å².